The van der Waals surface area contributed by atoms with E-state index in [4.69, 9.17) is 16.6 Å². The number of hydrogen-bond acceptors (Lipinski definition) is 8. The number of carboxylic acid groups (broad SMARTS) is 2. The fraction of sp³-hybridized carbons (Fsp3) is 0.429. The zero-order valence-electron chi connectivity index (χ0n) is 18.8. The number of nitrogens with two attached hydrogens (primary N) is 2. The Hall–Kier alpha value is -4.04. The van der Waals surface area contributed by atoms with Gasteiger partial charge in [0.05, 0.1) is 18.9 Å². The molecule has 10 N–H and O–H groups in total. The molecule has 35 heavy (non-hydrogen) atoms. The number of carbonyl (C=O) groups is 6. The lowest BCUT2D eigenvalue weighted by atomic mass is 10.0. The standard InChI is InChI=1S/C21H29N5O9/c1-10(27)17(23)20(33)25-13(8-15(22)28)19(32)24-12(7-11-5-3-2-4-6-11)18(31)26-14(21(34)35)9-16(29)30/h2-6,10,12-14,17,27H,7-9,23H2,1H3,(H2,22,28)(H,24,32)(H,25,33)(H,26,31)(H,29,30)(H,34,35). The van der Waals surface area contributed by atoms with Crippen molar-refractivity contribution in [1.82, 2.24) is 16.0 Å². The third-order valence-corrected chi connectivity index (χ3v) is 4.77. The Labute approximate surface area is 200 Å². The molecule has 0 aliphatic carbocycles. The molecule has 0 aliphatic heterocycles. The molecule has 0 saturated carbocycles. The zero-order valence-corrected chi connectivity index (χ0v) is 18.8. The first-order valence-corrected chi connectivity index (χ1v) is 10.4. The monoisotopic (exact) mass is 495 g/mol. The van der Waals surface area contributed by atoms with Crippen LogP contribution >= 0.6 is 0 Å². The van der Waals surface area contributed by atoms with Crippen molar-refractivity contribution in [2.45, 2.75) is 56.5 Å². The molecule has 5 atom stereocenters. The third-order valence-electron chi connectivity index (χ3n) is 4.77. The van der Waals surface area contributed by atoms with Crippen LogP contribution in [0.25, 0.3) is 0 Å². The van der Waals surface area contributed by atoms with E-state index in [1.54, 1.807) is 30.3 Å². The number of amides is 4. The summed E-state index contributed by atoms with van der Waals surface area (Å²) in [5.41, 5.74) is 11.2. The molecule has 0 bridgehead atoms. The van der Waals surface area contributed by atoms with Gasteiger partial charge in [-0.05, 0) is 12.5 Å². The minimum atomic E-state index is -1.78. The lowest BCUT2D eigenvalue weighted by molar-refractivity contribution is -0.147. The predicted molar refractivity (Wildman–Crippen MR) is 119 cm³/mol. The number of nitrogens with one attached hydrogen (secondary N) is 3. The van der Waals surface area contributed by atoms with Crippen LogP contribution in [0.5, 0.6) is 0 Å². The second kappa shape index (κ2) is 13.6. The molecule has 0 fully saturated rings. The van der Waals surface area contributed by atoms with E-state index in [0.717, 1.165) is 0 Å². The van der Waals surface area contributed by atoms with Crippen LogP contribution in [0.15, 0.2) is 30.3 Å². The van der Waals surface area contributed by atoms with E-state index in [1.807, 2.05) is 0 Å². The maximum Gasteiger partial charge on any atom is 0.326 e. The lowest BCUT2D eigenvalue weighted by Gasteiger charge is -2.25. The van der Waals surface area contributed by atoms with Gasteiger partial charge in [-0.1, -0.05) is 30.3 Å². The molecule has 0 aromatic heterocycles. The summed E-state index contributed by atoms with van der Waals surface area (Å²) < 4.78 is 0. The first-order chi connectivity index (χ1) is 16.3. The Balaban J connectivity index is 3.15. The molecule has 0 aliphatic rings. The van der Waals surface area contributed by atoms with Crippen molar-refractivity contribution in [1.29, 1.82) is 0 Å². The van der Waals surface area contributed by atoms with E-state index in [1.165, 1.54) is 6.92 Å². The summed E-state index contributed by atoms with van der Waals surface area (Å²) in [6.45, 7) is 1.24. The Kier molecular flexibility index (Phi) is 11.3. The molecule has 1 aromatic carbocycles. The number of rotatable bonds is 14. The van der Waals surface area contributed by atoms with E-state index in [-0.39, 0.29) is 6.42 Å². The number of benzene rings is 1. The number of aliphatic hydroxyl groups excluding tert-OH is 1. The number of aliphatic hydroxyl groups is 1. The fourth-order valence-corrected chi connectivity index (χ4v) is 2.88. The van der Waals surface area contributed by atoms with Crippen LogP contribution in [0.3, 0.4) is 0 Å². The maximum absolute atomic E-state index is 12.9. The first kappa shape index (κ1) is 29.0. The Morgan fingerprint density at radius 2 is 1.34 bits per heavy atom. The van der Waals surface area contributed by atoms with E-state index in [9.17, 15) is 39.0 Å². The van der Waals surface area contributed by atoms with Gasteiger partial charge in [-0.25, -0.2) is 4.79 Å². The van der Waals surface area contributed by atoms with Crippen molar-refractivity contribution >= 4 is 35.6 Å². The van der Waals surface area contributed by atoms with Crippen molar-refractivity contribution in [2.75, 3.05) is 0 Å². The minimum Gasteiger partial charge on any atom is -0.481 e. The largest absolute Gasteiger partial charge is 0.481 e. The number of carbonyl (C=O) groups excluding carboxylic acids is 4. The van der Waals surface area contributed by atoms with Gasteiger partial charge in [-0.2, -0.15) is 0 Å². The van der Waals surface area contributed by atoms with Gasteiger partial charge in [0.2, 0.25) is 23.6 Å². The van der Waals surface area contributed by atoms with Crippen LogP contribution in [0.1, 0.15) is 25.3 Å². The van der Waals surface area contributed by atoms with Crippen LogP contribution in [0, 0.1) is 0 Å². The van der Waals surface area contributed by atoms with E-state index < -0.39 is 78.7 Å². The van der Waals surface area contributed by atoms with Gasteiger partial charge in [0.15, 0.2) is 0 Å². The summed E-state index contributed by atoms with van der Waals surface area (Å²) in [4.78, 5) is 71.6. The molecule has 5 unspecified atom stereocenters. The minimum absolute atomic E-state index is 0.137. The smallest absolute Gasteiger partial charge is 0.326 e. The van der Waals surface area contributed by atoms with Crippen molar-refractivity contribution in [2.24, 2.45) is 11.5 Å². The van der Waals surface area contributed by atoms with Crippen LogP contribution in [0.4, 0.5) is 0 Å². The number of carboxylic acids is 2. The Morgan fingerprint density at radius 1 is 0.829 bits per heavy atom. The highest BCUT2D eigenvalue weighted by Crippen LogP contribution is 2.06. The highest BCUT2D eigenvalue weighted by atomic mass is 16.4. The summed E-state index contributed by atoms with van der Waals surface area (Å²) in [7, 11) is 0. The maximum atomic E-state index is 12.9. The molecule has 4 amide bonds. The predicted octanol–water partition coefficient (Wildman–Crippen LogP) is -3.17. The van der Waals surface area contributed by atoms with Crippen LogP contribution in [-0.2, 0) is 35.2 Å². The van der Waals surface area contributed by atoms with Gasteiger partial charge >= 0.3 is 11.9 Å². The number of primary amides is 1. The summed E-state index contributed by atoms with van der Waals surface area (Å²) >= 11 is 0. The molecule has 0 spiro atoms. The second-order valence-electron chi connectivity index (χ2n) is 7.75. The molecule has 1 rings (SSSR count). The second-order valence-corrected chi connectivity index (χ2v) is 7.75. The molecule has 192 valence electrons. The molecular weight excluding hydrogens is 466 g/mol. The summed E-state index contributed by atoms with van der Waals surface area (Å²) in [6.07, 6.45) is -2.99. The molecule has 14 heteroatoms. The average molecular weight is 495 g/mol. The highest BCUT2D eigenvalue weighted by molar-refractivity contribution is 5.96. The SMILES string of the molecule is CC(O)C(N)C(=O)NC(CC(N)=O)C(=O)NC(Cc1ccccc1)C(=O)NC(CC(=O)O)C(=O)O. The zero-order chi connectivity index (χ0) is 26.7. The van der Waals surface area contributed by atoms with Gasteiger partial charge in [0, 0.05) is 6.42 Å². The van der Waals surface area contributed by atoms with Gasteiger partial charge in [-0.15, -0.1) is 0 Å². The fourth-order valence-electron chi connectivity index (χ4n) is 2.88. The summed E-state index contributed by atoms with van der Waals surface area (Å²) in [6, 6.07) is 2.09. The molecule has 0 heterocycles. The van der Waals surface area contributed by atoms with Crippen molar-refractivity contribution in [3.05, 3.63) is 35.9 Å². The molecular formula is C21H29N5O9. The highest BCUT2D eigenvalue weighted by Gasteiger charge is 2.32. The molecule has 1 aromatic rings. The van der Waals surface area contributed by atoms with Crippen molar-refractivity contribution in [3.8, 4) is 0 Å². The van der Waals surface area contributed by atoms with Gasteiger partial charge in [0.1, 0.15) is 24.2 Å². The third kappa shape index (κ3) is 10.2. The first-order valence-electron chi connectivity index (χ1n) is 10.4. The van der Waals surface area contributed by atoms with Crippen molar-refractivity contribution in [3.63, 3.8) is 0 Å². The molecule has 0 radical (unpaired) electrons. The van der Waals surface area contributed by atoms with E-state index in [0.29, 0.717) is 5.56 Å². The van der Waals surface area contributed by atoms with Crippen LogP contribution in [-0.4, -0.2) is 81.2 Å². The van der Waals surface area contributed by atoms with Crippen molar-refractivity contribution < 1.29 is 44.1 Å². The topological polar surface area (TPSA) is 251 Å². The van der Waals surface area contributed by atoms with E-state index in [2.05, 4.69) is 16.0 Å². The van der Waals surface area contributed by atoms with Gasteiger partial charge < -0.3 is 42.7 Å². The van der Waals surface area contributed by atoms with Crippen LogP contribution in [0.2, 0.25) is 0 Å². The van der Waals surface area contributed by atoms with Crippen LogP contribution < -0.4 is 27.4 Å². The summed E-state index contributed by atoms with van der Waals surface area (Å²) in [5.74, 6) is -7.03. The number of aliphatic carboxylic acids is 2. The molecule has 14 nitrogen and oxygen atoms in total. The average Bonchev–Trinajstić information content (AvgIpc) is 2.76. The normalized spacial score (nSPS) is 14.9. The Bertz CT molecular complexity index is 938. The Morgan fingerprint density at radius 3 is 1.83 bits per heavy atom. The summed E-state index contributed by atoms with van der Waals surface area (Å²) in [5, 5.41) is 34.1. The van der Waals surface area contributed by atoms with Gasteiger partial charge in [-0.3, -0.25) is 24.0 Å². The quantitative estimate of drug-likeness (QED) is 0.128. The molecule has 0 saturated heterocycles. The van der Waals surface area contributed by atoms with Gasteiger partial charge in [0.25, 0.3) is 0 Å². The number of hydrogen-bond donors (Lipinski definition) is 8. The van der Waals surface area contributed by atoms with E-state index >= 15 is 0 Å². The lowest BCUT2D eigenvalue weighted by Crippen LogP contribution is -2.59.